The smallest absolute Gasteiger partial charge is 0.251 e. The van der Waals surface area contributed by atoms with Crippen LogP contribution in [-0.2, 0) is 0 Å². The molecule has 21 heavy (non-hydrogen) atoms. The van der Waals surface area contributed by atoms with E-state index < -0.39 is 0 Å². The number of benzene rings is 1. The molecule has 0 aliphatic carbocycles. The number of nitrogens with one attached hydrogen (secondary N) is 2. The lowest BCUT2D eigenvalue weighted by Gasteiger charge is -2.11. The first-order chi connectivity index (χ1) is 10.0. The van der Waals surface area contributed by atoms with E-state index in [2.05, 4.69) is 15.7 Å². The van der Waals surface area contributed by atoms with Gasteiger partial charge in [-0.15, -0.1) is 0 Å². The summed E-state index contributed by atoms with van der Waals surface area (Å²) < 4.78 is 1.88. The zero-order chi connectivity index (χ0) is 15.4. The summed E-state index contributed by atoms with van der Waals surface area (Å²) in [6.07, 6.45) is 0. The lowest BCUT2D eigenvalue weighted by atomic mass is 10.2. The lowest BCUT2D eigenvalue weighted by Crippen LogP contribution is -2.37. The second kappa shape index (κ2) is 6.54. The molecule has 2 aromatic rings. The number of amides is 1. The first-order valence-corrected chi connectivity index (χ1v) is 7.10. The zero-order valence-corrected chi connectivity index (χ0v) is 13.0. The molecular formula is C16H22N4O. The van der Waals surface area contributed by atoms with Crippen LogP contribution in [0.5, 0.6) is 0 Å². The third-order valence-corrected chi connectivity index (χ3v) is 3.45. The van der Waals surface area contributed by atoms with Gasteiger partial charge in [0.1, 0.15) is 0 Å². The Hall–Kier alpha value is -2.14. The van der Waals surface area contributed by atoms with E-state index >= 15 is 0 Å². The minimum absolute atomic E-state index is 0.0583. The third-order valence-electron chi connectivity index (χ3n) is 3.45. The minimum atomic E-state index is -0.0583. The molecule has 0 saturated carbocycles. The lowest BCUT2D eigenvalue weighted by molar-refractivity contribution is 0.0950. The van der Waals surface area contributed by atoms with Gasteiger partial charge in [-0.1, -0.05) is 0 Å². The van der Waals surface area contributed by atoms with Crippen LogP contribution in [-0.4, -0.2) is 35.3 Å². The highest BCUT2D eigenvalue weighted by atomic mass is 16.1. The Kier molecular flexibility index (Phi) is 4.75. The van der Waals surface area contributed by atoms with E-state index in [1.165, 1.54) is 0 Å². The van der Waals surface area contributed by atoms with Gasteiger partial charge in [-0.2, -0.15) is 5.10 Å². The van der Waals surface area contributed by atoms with Crippen molar-refractivity contribution >= 4 is 5.91 Å². The standard InChI is InChI=1S/C16H22N4O/c1-11-9-13(3)20(19-11)15-7-5-14(6-8-15)16(21)18-10-12(2)17-4/h5-9,12,17H,10H2,1-4H3,(H,18,21). The molecule has 5 heteroatoms. The van der Waals surface area contributed by atoms with Gasteiger partial charge in [0.15, 0.2) is 0 Å². The Morgan fingerprint density at radius 3 is 2.48 bits per heavy atom. The van der Waals surface area contributed by atoms with Crippen LogP contribution in [0.15, 0.2) is 30.3 Å². The molecule has 2 N–H and O–H groups in total. The first kappa shape index (κ1) is 15.3. The highest BCUT2D eigenvalue weighted by molar-refractivity contribution is 5.94. The van der Waals surface area contributed by atoms with Crippen LogP contribution in [0.3, 0.4) is 0 Å². The van der Waals surface area contributed by atoms with Gasteiger partial charge < -0.3 is 10.6 Å². The number of hydrogen-bond acceptors (Lipinski definition) is 3. The number of carbonyl (C=O) groups excluding carboxylic acids is 1. The van der Waals surface area contributed by atoms with Crippen LogP contribution in [0, 0.1) is 13.8 Å². The minimum Gasteiger partial charge on any atom is -0.350 e. The molecule has 1 atom stereocenters. The second-order valence-corrected chi connectivity index (χ2v) is 5.29. The van der Waals surface area contributed by atoms with Crippen LogP contribution < -0.4 is 10.6 Å². The van der Waals surface area contributed by atoms with Crippen LogP contribution in [0.1, 0.15) is 28.7 Å². The Morgan fingerprint density at radius 2 is 1.95 bits per heavy atom. The van der Waals surface area contributed by atoms with Crippen molar-refractivity contribution in [3.05, 3.63) is 47.3 Å². The third kappa shape index (κ3) is 3.70. The Morgan fingerprint density at radius 1 is 1.29 bits per heavy atom. The molecule has 0 radical (unpaired) electrons. The predicted molar refractivity (Wildman–Crippen MR) is 83.9 cm³/mol. The summed E-state index contributed by atoms with van der Waals surface area (Å²) in [6, 6.07) is 9.75. The second-order valence-electron chi connectivity index (χ2n) is 5.29. The number of likely N-dealkylation sites (N-methyl/N-ethyl adjacent to an activating group) is 1. The molecule has 1 unspecified atom stereocenters. The molecule has 1 heterocycles. The number of aromatic nitrogens is 2. The summed E-state index contributed by atoms with van der Waals surface area (Å²) in [7, 11) is 1.88. The van der Waals surface area contributed by atoms with Crippen molar-refractivity contribution in [1.82, 2.24) is 20.4 Å². The van der Waals surface area contributed by atoms with E-state index in [1.54, 1.807) is 0 Å². The largest absolute Gasteiger partial charge is 0.350 e. The molecule has 5 nitrogen and oxygen atoms in total. The summed E-state index contributed by atoms with van der Waals surface area (Å²) in [5, 5.41) is 10.4. The predicted octanol–water partition coefficient (Wildman–Crippen LogP) is 1.83. The van der Waals surface area contributed by atoms with Gasteiger partial charge in [0.25, 0.3) is 5.91 Å². The monoisotopic (exact) mass is 286 g/mol. The first-order valence-electron chi connectivity index (χ1n) is 7.10. The van der Waals surface area contributed by atoms with E-state index in [4.69, 9.17) is 0 Å². The molecule has 0 aliphatic heterocycles. The van der Waals surface area contributed by atoms with E-state index in [0.717, 1.165) is 17.1 Å². The van der Waals surface area contributed by atoms with E-state index in [9.17, 15) is 4.79 Å². The van der Waals surface area contributed by atoms with E-state index in [1.807, 2.05) is 62.8 Å². The Balaban J connectivity index is 2.08. The Labute approximate surface area is 125 Å². The molecule has 0 spiro atoms. The average Bonchev–Trinajstić information content (AvgIpc) is 2.83. The molecule has 1 aromatic carbocycles. The topological polar surface area (TPSA) is 58.9 Å². The van der Waals surface area contributed by atoms with Crippen molar-refractivity contribution in [2.24, 2.45) is 0 Å². The fraction of sp³-hybridized carbons (Fsp3) is 0.375. The van der Waals surface area contributed by atoms with Crippen molar-refractivity contribution < 1.29 is 4.79 Å². The molecule has 0 aliphatic rings. The number of hydrogen-bond donors (Lipinski definition) is 2. The van der Waals surface area contributed by atoms with Crippen molar-refractivity contribution in [2.45, 2.75) is 26.8 Å². The molecule has 0 saturated heterocycles. The number of rotatable bonds is 5. The highest BCUT2D eigenvalue weighted by Crippen LogP contribution is 2.13. The quantitative estimate of drug-likeness (QED) is 0.881. The summed E-state index contributed by atoms with van der Waals surface area (Å²) in [5.74, 6) is -0.0583. The number of nitrogens with zero attached hydrogens (tertiary/aromatic N) is 2. The highest BCUT2D eigenvalue weighted by Gasteiger charge is 2.08. The fourth-order valence-corrected chi connectivity index (χ4v) is 2.09. The van der Waals surface area contributed by atoms with Crippen LogP contribution in [0.2, 0.25) is 0 Å². The maximum Gasteiger partial charge on any atom is 0.251 e. The molecule has 112 valence electrons. The van der Waals surface area contributed by atoms with E-state index in [0.29, 0.717) is 12.1 Å². The maximum absolute atomic E-state index is 12.0. The number of aryl methyl sites for hydroxylation is 2. The molecule has 0 bridgehead atoms. The van der Waals surface area contributed by atoms with Crippen LogP contribution >= 0.6 is 0 Å². The average molecular weight is 286 g/mol. The van der Waals surface area contributed by atoms with Gasteiger partial charge in [0.05, 0.1) is 11.4 Å². The van der Waals surface area contributed by atoms with Crippen molar-refractivity contribution in [1.29, 1.82) is 0 Å². The van der Waals surface area contributed by atoms with E-state index in [-0.39, 0.29) is 11.9 Å². The van der Waals surface area contributed by atoms with Crippen molar-refractivity contribution in [3.8, 4) is 5.69 Å². The van der Waals surface area contributed by atoms with Crippen LogP contribution in [0.25, 0.3) is 5.69 Å². The Bertz CT molecular complexity index is 616. The molecule has 1 amide bonds. The van der Waals surface area contributed by atoms with Gasteiger partial charge in [-0.25, -0.2) is 4.68 Å². The normalized spacial score (nSPS) is 12.2. The van der Waals surface area contributed by atoms with Crippen molar-refractivity contribution in [3.63, 3.8) is 0 Å². The summed E-state index contributed by atoms with van der Waals surface area (Å²) in [6.45, 7) is 6.61. The van der Waals surface area contributed by atoms with Gasteiger partial charge in [0.2, 0.25) is 0 Å². The summed E-state index contributed by atoms with van der Waals surface area (Å²) in [5.41, 5.74) is 3.67. The van der Waals surface area contributed by atoms with Gasteiger partial charge in [0, 0.05) is 23.8 Å². The maximum atomic E-state index is 12.0. The molecule has 1 aromatic heterocycles. The summed E-state index contributed by atoms with van der Waals surface area (Å²) in [4.78, 5) is 12.0. The molecule has 2 rings (SSSR count). The van der Waals surface area contributed by atoms with Gasteiger partial charge >= 0.3 is 0 Å². The number of carbonyl (C=O) groups is 1. The van der Waals surface area contributed by atoms with Gasteiger partial charge in [-0.05, 0) is 58.2 Å². The SMILES string of the molecule is CNC(C)CNC(=O)c1ccc(-n2nc(C)cc2C)cc1. The van der Waals surface area contributed by atoms with Crippen LogP contribution in [0.4, 0.5) is 0 Å². The summed E-state index contributed by atoms with van der Waals surface area (Å²) >= 11 is 0. The molecular weight excluding hydrogens is 264 g/mol. The molecule has 0 fully saturated rings. The van der Waals surface area contributed by atoms with Crippen molar-refractivity contribution in [2.75, 3.05) is 13.6 Å². The zero-order valence-electron chi connectivity index (χ0n) is 13.0. The fourth-order valence-electron chi connectivity index (χ4n) is 2.09. The van der Waals surface area contributed by atoms with Gasteiger partial charge in [-0.3, -0.25) is 4.79 Å².